The van der Waals surface area contributed by atoms with Gasteiger partial charge in [-0.05, 0) is 36.2 Å². The van der Waals surface area contributed by atoms with Crippen LogP contribution in [0.3, 0.4) is 0 Å². The maximum absolute atomic E-state index is 11.8. The van der Waals surface area contributed by atoms with Crippen molar-refractivity contribution in [2.24, 2.45) is 0 Å². The summed E-state index contributed by atoms with van der Waals surface area (Å²) in [5.74, 6) is 0.0954. The highest BCUT2D eigenvalue weighted by Crippen LogP contribution is 2.11. The van der Waals surface area contributed by atoms with Gasteiger partial charge in [-0.1, -0.05) is 36.4 Å². The van der Waals surface area contributed by atoms with E-state index in [-0.39, 0.29) is 11.5 Å². The van der Waals surface area contributed by atoms with Crippen molar-refractivity contribution in [1.29, 1.82) is 5.41 Å². The van der Waals surface area contributed by atoms with Crippen LogP contribution in [0.5, 0.6) is 0 Å². The summed E-state index contributed by atoms with van der Waals surface area (Å²) >= 11 is 0. The molecule has 0 saturated carbocycles. The van der Waals surface area contributed by atoms with Gasteiger partial charge in [-0.25, -0.2) is 4.98 Å². The number of nitrogens with one attached hydrogen (secondary N) is 1. The molecule has 0 atom stereocenters. The van der Waals surface area contributed by atoms with E-state index < -0.39 is 0 Å². The van der Waals surface area contributed by atoms with E-state index in [0.717, 1.165) is 16.8 Å². The van der Waals surface area contributed by atoms with Gasteiger partial charge in [-0.15, -0.1) is 0 Å². The van der Waals surface area contributed by atoms with Gasteiger partial charge in [-0.2, -0.15) is 0 Å². The molecule has 0 spiro atoms. The van der Waals surface area contributed by atoms with Crippen LogP contribution in [0.1, 0.15) is 29.4 Å². The fourth-order valence-corrected chi connectivity index (χ4v) is 2.68. The fourth-order valence-electron chi connectivity index (χ4n) is 2.68. The molecule has 5 heteroatoms. The fraction of sp³-hybridized carbons (Fsp3) is 0.190. The lowest BCUT2D eigenvalue weighted by atomic mass is 10.1. The van der Waals surface area contributed by atoms with Crippen LogP contribution in [0.4, 0.5) is 0 Å². The van der Waals surface area contributed by atoms with E-state index in [2.05, 4.69) is 4.98 Å². The molecule has 5 nitrogen and oxygen atoms in total. The molecule has 0 unspecified atom stereocenters. The van der Waals surface area contributed by atoms with Gasteiger partial charge in [0.1, 0.15) is 5.69 Å². The summed E-state index contributed by atoms with van der Waals surface area (Å²) in [5, 5.41) is 7.85. The molecule has 1 aromatic carbocycles. The quantitative estimate of drug-likeness (QED) is 0.550. The average molecular weight is 347 g/mol. The monoisotopic (exact) mass is 347 g/mol. The second-order valence-electron chi connectivity index (χ2n) is 5.94. The largest absolute Gasteiger partial charge is 0.477 e. The van der Waals surface area contributed by atoms with Crippen molar-refractivity contribution in [3.63, 3.8) is 0 Å². The zero-order valence-corrected chi connectivity index (χ0v) is 14.7. The minimum Gasteiger partial charge on any atom is -0.477 e. The predicted molar refractivity (Wildman–Crippen MR) is 102 cm³/mol. The van der Waals surface area contributed by atoms with E-state index in [1.165, 1.54) is 0 Å². The number of aromatic nitrogens is 2. The number of rotatable bonds is 6. The third-order valence-electron chi connectivity index (χ3n) is 3.99. The molecule has 0 fully saturated rings. The molecule has 0 aliphatic carbocycles. The van der Waals surface area contributed by atoms with Crippen molar-refractivity contribution in [2.75, 3.05) is 6.61 Å². The lowest BCUT2D eigenvalue weighted by Gasteiger charge is -2.08. The Bertz CT molecular complexity index is 946. The highest BCUT2D eigenvalue weighted by atomic mass is 16.5. The Labute approximate surface area is 152 Å². The average Bonchev–Trinajstić information content (AvgIpc) is 2.66. The molecular weight excluding hydrogens is 326 g/mol. The Hall–Kier alpha value is -3.21. The second-order valence-corrected chi connectivity index (χ2v) is 5.94. The Morgan fingerprint density at radius 3 is 2.54 bits per heavy atom. The summed E-state index contributed by atoms with van der Waals surface area (Å²) in [7, 11) is 0. The minimum absolute atomic E-state index is 0.00524. The van der Waals surface area contributed by atoms with Crippen LogP contribution in [0.25, 0.3) is 0 Å². The van der Waals surface area contributed by atoms with E-state index in [1.807, 2.05) is 49.4 Å². The van der Waals surface area contributed by atoms with Gasteiger partial charge in [0.05, 0.1) is 13.2 Å². The van der Waals surface area contributed by atoms with Gasteiger partial charge in [0.15, 0.2) is 0 Å². The van der Waals surface area contributed by atoms with Crippen LogP contribution in [-0.4, -0.2) is 22.1 Å². The highest BCUT2D eigenvalue weighted by Gasteiger charge is 2.06. The van der Waals surface area contributed by atoms with E-state index in [1.54, 1.807) is 29.0 Å². The van der Waals surface area contributed by atoms with Gasteiger partial charge in [0.25, 0.3) is 5.56 Å². The molecule has 0 radical (unpaired) electrons. The van der Waals surface area contributed by atoms with E-state index in [0.29, 0.717) is 25.3 Å². The molecule has 3 aromatic rings. The maximum atomic E-state index is 11.8. The van der Waals surface area contributed by atoms with Crippen molar-refractivity contribution in [1.82, 2.24) is 9.55 Å². The summed E-state index contributed by atoms with van der Waals surface area (Å²) in [6, 6.07) is 18.9. The van der Waals surface area contributed by atoms with Gasteiger partial charge in [0.2, 0.25) is 5.90 Å². The number of nitrogens with zero attached hydrogens (tertiary/aromatic N) is 2. The predicted octanol–water partition coefficient (Wildman–Crippen LogP) is 3.24. The summed E-state index contributed by atoms with van der Waals surface area (Å²) in [5.41, 5.74) is 3.63. The van der Waals surface area contributed by atoms with E-state index in [4.69, 9.17) is 10.1 Å². The maximum Gasteiger partial charge on any atom is 0.250 e. The number of hydrogen-bond donors (Lipinski definition) is 1. The van der Waals surface area contributed by atoms with E-state index in [9.17, 15) is 4.79 Å². The number of benzene rings is 1. The molecule has 26 heavy (non-hydrogen) atoms. The van der Waals surface area contributed by atoms with Crippen molar-refractivity contribution in [2.45, 2.75) is 19.9 Å². The number of hydrogen-bond acceptors (Lipinski definition) is 4. The van der Waals surface area contributed by atoms with Gasteiger partial charge >= 0.3 is 0 Å². The summed E-state index contributed by atoms with van der Waals surface area (Å²) in [6.07, 6.45) is 2.47. The lowest BCUT2D eigenvalue weighted by Crippen LogP contribution is -2.18. The Kier molecular flexibility index (Phi) is 5.59. The smallest absolute Gasteiger partial charge is 0.250 e. The Morgan fingerprint density at radius 2 is 1.81 bits per heavy atom. The Morgan fingerprint density at radius 1 is 1.04 bits per heavy atom. The van der Waals surface area contributed by atoms with Crippen LogP contribution >= 0.6 is 0 Å². The van der Waals surface area contributed by atoms with Crippen LogP contribution in [-0.2, 0) is 17.7 Å². The summed E-state index contributed by atoms with van der Waals surface area (Å²) in [4.78, 5) is 16.3. The third kappa shape index (κ3) is 4.45. The van der Waals surface area contributed by atoms with Gasteiger partial charge in [-0.3, -0.25) is 10.2 Å². The molecule has 2 heterocycles. The van der Waals surface area contributed by atoms with Crippen LogP contribution < -0.4 is 5.56 Å². The summed E-state index contributed by atoms with van der Waals surface area (Å²) in [6.45, 7) is 2.86. The zero-order chi connectivity index (χ0) is 18.4. The Balaban J connectivity index is 1.70. The zero-order valence-electron chi connectivity index (χ0n) is 14.7. The molecule has 132 valence electrons. The van der Waals surface area contributed by atoms with Gasteiger partial charge in [0, 0.05) is 24.4 Å². The van der Waals surface area contributed by atoms with Crippen molar-refractivity contribution in [3.05, 3.63) is 99.7 Å². The first kappa shape index (κ1) is 17.6. The van der Waals surface area contributed by atoms with Crippen molar-refractivity contribution in [3.8, 4) is 0 Å². The SMILES string of the molecule is CCOC(=N)c1cccc(Cc2ccc(Cn3ccccc3=O)cc2)n1. The number of ether oxygens (including phenoxy) is 1. The molecule has 3 rings (SSSR count). The molecule has 2 aromatic heterocycles. The van der Waals surface area contributed by atoms with Crippen LogP contribution in [0, 0.1) is 5.41 Å². The lowest BCUT2D eigenvalue weighted by molar-refractivity contribution is 0.324. The number of pyridine rings is 2. The minimum atomic E-state index is -0.00524. The molecule has 1 N–H and O–H groups in total. The van der Waals surface area contributed by atoms with Gasteiger partial charge < -0.3 is 9.30 Å². The first-order chi connectivity index (χ1) is 12.7. The third-order valence-corrected chi connectivity index (χ3v) is 3.99. The molecule has 0 bridgehead atoms. The molecule has 0 amide bonds. The van der Waals surface area contributed by atoms with Crippen LogP contribution in [0.15, 0.2) is 71.7 Å². The first-order valence-corrected chi connectivity index (χ1v) is 8.56. The van der Waals surface area contributed by atoms with Crippen LogP contribution in [0.2, 0.25) is 0 Å². The first-order valence-electron chi connectivity index (χ1n) is 8.56. The highest BCUT2D eigenvalue weighted by molar-refractivity contribution is 5.89. The van der Waals surface area contributed by atoms with E-state index >= 15 is 0 Å². The molecule has 0 aliphatic rings. The molecular formula is C21H21N3O2. The molecule has 0 saturated heterocycles. The topological polar surface area (TPSA) is 68.0 Å². The van der Waals surface area contributed by atoms with Crippen molar-refractivity contribution < 1.29 is 4.74 Å². The summed E-state index contributed by atoms with van der Waals surface area (Å²) < 4.78 is 6.89. The normalized spacial score (nSPS) is 10.5. The van der Waals surface area contributed by atoms with Crippen molar-refractivity contribution >= 4 is 5.90 Å². The molecule has 0 aliphatic heterocycles. The standard InChI is InChI=1S/C21H21N3O2/c1-2-26-21(22)19-7-5-6-18(23-19)14-16-9-11-17(12-10-16)15-24-13-4-3-8-20(24)25/h3-13,22H,2,14-15H2,1H3. The second kappa shape index (κ2) is 8.25.